The summed E-state index contributed by atoms with van der Waals surface area (Å²) in [5.74, 6) is 0.410. The van der Waals surface area contributed by atoms with Crippen LogP contribution in [0.15, 0.2) is 71.9 Å². The summed E-state index contributed by atoms with van der Waals surface area (Å²) < 4.78 is 33.3. The molecule has 0 atom stereocenters. The topological polar surface area (TPSA) is 115 Å². The molecule has 2 aromatic heterocycles. The summed E-state index contributed by atoms with van der Waals surface area (Å²) in [4.78, 5) is 31.3. The van der Waals surface area contributed by atoms with E-state index in [1.807, 2.05) is 18.2 Å². The second kappa shape index (κ2) is 11.6. The number of carbonyl (C=O) groups is 2. The van der Waals surface area contributed by atoms with Gasteiger partial charge in [0.2, 0.25) is 0 Å². The van der Waals surface area contributed by atoms with Crippen LogP contribution in [-0.4, -0.2) is 41.6 Å². The Morgan fingerprint density at radius 1 is 1.03 bits per heavy atom. The third-order valence-corrected chi connectivity index (χ3v) is 6.62. The molecule has 1 aromatic carbocycles. The predicted molar refractivity (Wildman–Crippen MR) is 127 cm³/mol. The Hall–Kier alpha value is -3.24. The number of rotatable bonds is 11. The van der Waals surface area contributed by atoms with Crippen molar-refractivity contribution in [2.45, 2.75) is 24.7 Å². The first-order valence-electron chi connectivity index (χ1n) is 10.1. The number of hydrogen-bond donors (Lipinski definition) is 1. The number of nitrogens with one attached hydrogen (secondary N) is 1. The lowest BCUT2D eigenvalue weighted by atomic mass is 10.2. The Bertz CT molecular complexity index is 1180. The molecule has 0 aliphatic heterocycles. The number of Topliss-reactive ketones (excluding diaryl/α,β-unsaturated/α-hetero) is 1. The minimum absolute atomic E-state index is 0.0135. The van der Waals surface area contributed by atoms with Crippen molar-refractivity contribution < 1.29 is 22.7 Å². The van der Waals surface area contributed by atoms with Crippen molar-refractivity contribution in [2.24, 2.45) is 0 Å². The number of nitrogens with zero attached hydrogens (tertiary/aromatic N) is 2. The van der Waals surface area contributed by atoms with Crippen molar-refractivity contribution in [3.8, 4) is 5.75 Å². The molecule has 10 heteroatoms. The highest BCUT2D eigenvalue weighted by atomic mass is 32.2. The summed E-state index contributed by atoms with van der Waals surface area (Å²) in [6.07, 6.45) is 4.62. The molecular weight excluding hydrogens is 462 g/mol. The van der Waals surface area contributed by atoms with E-state index in [2.05, 4.69) is 14.7 Å². The maximum absolute atomic E-state index is 12.6. The van der Waals surface area contributed by atoms with Gasteiger partial charge in [0.25, 0.3) is 10.0 Å². The Morgan fingerprint density at radius 3 is 2.45 bits per heavy atom. The summed E-state index contributed by atoms with van der Waals surface area (Å²) in [5.41, 5.74) is 1.30. The Balaban J connectivity index is 1.52. The van der Waals surface area contributed by atoms with Crippen LogP contribution >= 0.6 is 11.8 Å². The monoisotopic (exact) mass is 485 g/mol. The quantitative estimate of drug-likeness (QED) is 0.323. The Kier molecular flexibility index (Phi) is 8.56. The van der Waals surface area contributed by atoms with Crippen molar-refractivity contribution in [1.82, 2.24) is 9.97 Å². The second-order valence-corrected chi connectivity index (χ2v) is 9.82. The highest BCUT2D eigenvalue weighted by Crippen LogP contribution is 2.19. The molecular formula is C23H23N3O5S2. The third-order valence-electron chi connectivity index (χ3n) is 4.44. The molecule has 3 rings (SSSR count). The lowest BCUT2D eigenvalue weighted by molar-refractivity contribution is -0.109. The molecule has 0 aliphatic carbocycles. The molecule has 0 aliphatic rings. The molecule has 0 saturated carbocycles. The summed E-state index contributed by atoms with van der Waals surface area (Å²) in [6.45, 7) is 1.87. The molecule has 0 bridgehead atoms. The normalized spacial score (nSPS) is 11.1. The van der Waals surface area contributed by atoms with Gasteiger partial charge in [0.05, 0.1) is 17.3 Å². The number of carbonyl (C=O) groups excluding carboxylic acids is 2. The van der Waals surface area contributed by atoms with Crippen LogP contribution < -0.4 is 9.46 Å². The lowest BCUT2D eigenvalue weighted by Gasteiger charge is -2.10. The van der Waals surface area contributed by atoms with Crippen LogP contribution in [0.25, 0.3) is 0 Å². The third kappa shape index (κ3) is 7.69. The van der Waals surface area contributed by atoms with Gasteiger partial charge in [-0.3, -0.25) is 19.3 Å². The summed E-state index contributed by atoms with van der Waals surface area (Å²) in [6, 6.07) is 14.7. The van der Waals surface area contributed by atoms with Gasteiger partial charge in [-0.2, -0.15) is 0 Å². The molecule has 8 nitrogen and oxygen atoms in total. The molecule has 0 unspecified atom stereocenters. The summed E-state index contributed by atoms with van der Waals surface area (Å²) >= 11 is 0.911. The van der Waals surface area contributed by atoms with Gasteiger partial charge in [-0.05, 0) is 61.4 Å². The van der Waals surface area contributed by atoms with Crippen LogP contribution in [0.5, 0.6) is 5.75 Å². The molecule has 3 aromatic rings. The van der Waals surface area contributed by atoms with E-state index in [0.717, 1.165) is 30.3 Å². The first-order valence-corrected chi connectivity index (χ1v) is 12.6. The van der Waals surface area contributed by atoms with Gasteiger partial charge in [-0.1, -0.05) is 17.8 Å². The first-order chi connectivity index (χ1) is 15.8. The standard InChI is InChI=1S/C23H23N3O5S2/c1-17(27)32-16-22(28)18-7-12-23(25-15-18)26-33(29,30)21-10-8-20(9-11-21)31-14-4-6-19-5-2-3-13-24-19/h2-3,5,7-13,15H,4,6,14,16H2,1H3,(H,25,26). The van der Waals surface area contributed by atoms with Crippen LogP contribution in [0.1, 0.15) is 29.4 Å². The van der Waals surface area contributed by atoms with Gasteiger partial charge in [0.15, 0.2) is 10.9 Å². The molecule has 0 spiro atoms. The number of pyridine rings is 2. The van der Waals surface area contributed by atoms with E-state index >= 15 is 0 Å². The molecule has 0 fully saturated rings. The fourth-order valence-corrected chi connectivity index (χ4v) is 4.28. The highest BCUT2D eigenvalue weighted by molar-refractivity contribution is 8.14. The first kappa shape index (κ1) is 24.4. The van der Waals surface area contributed by atoms with Gasteiger partial charge >= 0.3 is 0 Å². The maximum Gasteiger partial charge on any atom is 0.263 e. The van der Waals surface area contributed by atoms with Crippen molar-refractivity contribution in [2.75, 3.05) is 17.1 Å². The van der Waals surface area contributed by atoms with E-state index in [9.17, 15) is 18.0 Å². The van der Waals surface area contributed by atoms with E-state index in [1.54, 1.807) is 18.3 Å². The zero-order valence-corrected chi connectivity index (χ0v) is 19.6. The fourth-order valence-electron chi connectivity index (χ4n) is 2.77. The number of aryl methyl sites for hydroxylation is 1. The van der Waals surface area contributed by atoms with Crippen LogP contribution in [0, 0.1) is 0 Å². The van der Waals surface area contributed by atoms with E-state index in [-0.39, 0.29) is 27.4 Å². The van der Waals surface area contributed by atoms with Crippen molar-refractivity contribution in [3.63, 3.8) is 0 Å². The number of anilines is 1. The average molecular weight is 486 g/mol. The molecule has 2 heterocycles. The van der Waals surface area contributed by atoms with Crippen LogP contribution in [0.2, 0.25) is 0 Å². The number of sulfonamides is 1. The molecule has 1 N–H and O–H groups in total. The number of aromatic nitrogens is 2. The van der Waals surface area contributed by atoms with Gasteiger partial charge in [-0.25, -0.2) is 13.4 Å². The molecule has 172 valence electrons. The minimum atomic E-state index is -3.86. The zero-order chi connectivity index (χ0) is 23.7. The predicted octanol–water partition coefficient (Wildman–Crippen LogP) is 3.75. The molecule has 33 heavy (non-hydrogen) atoms. The fraction of sp³-hybridized carbons (Fsp3) is 0.217. The minimum Gasteiger partial charge on any atom is -0.494 e. The van der Waals surface area contributed by atoms with Gasteiger partial charge < -0.3 is 4.74 Å². The average Bonchev–Trinajstić information content (AvgIpc) is 2.81. The second-order valence-electron chi connectivity index (χ2n) is 6.99. The largest absolute Gasteiger partial charge is 0.494 e. The lowest BCUT2D eigenvalue weighted by Crippen LogP contribution is -2.14. The van der Waals surface area contributed by atoms with E-state index < -0.39 is 10.0 Å². The Morgan fingerprint density at radius 2 is 1.82 bits per heavy atom. The summed E-state index contributed by atoms with van der Waals surface area (Å²) in [7, 11) is -3.86. The number of benzene rings is 1. The zero-order valence-electron chi connectivity index (χ0n) is 17.9. The number of thioether (sulfide) groups is 1. The molecule has 0 saturated heterocycles. The number of ether oxygens (including phenoxy) is 1. The molecule has 0 amide bonds. The van der Waals surface area contributed by atoms with Crippen molar-refractivity contribution in [1.29, 1.82) is 0 Å². The smallest absolute Gasteiger partial charge is 0.263 e. The van der Waals surface area contributed by atoms with E-state index in [0.29, 0.717) is 17.9 Å². The van der Waals surface area contributed by atoms with Gasteiger partial charge in [-0.15, -0.1) is 0 Å². The van der Waals surface area contributed by atoms with Crippen LogP contribution in [0.3, 0.4) is 0 Å². The van der Waals surface area contributed by atoms with Crippen LogP contribution in [0.4, 0.5) is 5.82 Å². The highest BCUT2D eigenvalue weighted by Gasteiger charge is 2.16. The van der Waals surface area contributed by atoms with E-state index in [1.165, 1.54) is 37.4 Å². The number of ketones is 1. The SMILES string of the molecule is CC(=O)SCC(=O)c1ccc(NS(=O)(=O)c2ccc(OCCCc3ccccn3)cc2)nc1. The van der Waals surface area contributed by atoms with Gasteiger partial charge in [0, 0.05) is 30.6 Å². The van der Waals surface area contributed by atoms with Crippen molar-refractivity contribution >= 4 is 38.5 Å². The molecule has 0 radical (unpaired) electrons. The Labute approximate surface area is 196 Å². The van der Waals surface area contributed by atoms with Gasteiger partial charge in [0.1, 0.15) is 11.6 Å². The van der Waals surface area contributed by atoms with Crippen LogP contribution in [-0.2, 0) is 21.2 Å². The van der Waals surface area contributed by atoms with E-state index in [4.69, 9.17) is 4.74 Å². The maximum atomic E-state index is 12.6. The van der Waals surface area contributed by atoms with Crippen molar-refractivity contribution in [3.05, 3.63) is 78.2 Å². The summed E-state index contributed by atoms with van der Waals surface area (Å²) in [5, 5.41) is -0.151. The number of hydrogen-bond acceptors (Lipinski definition) is 8.